The lowest BCUT2D eigenvalue weighted by molar-refractivity contribution is 0.0502. The molecule has 0 radical (unpaired) electrons. The van der Waals surface area contributed by atoms with E-state index in [1.165, 1.54) is 50.6 Å². The SMILES string of the molecule is COCC(COC)N(C)C(=O)Oc1cc2c3c(c(F)ccc3c1)CCCOC(=O)N[C@]1(C)C[C@@H](F)CN(C1)c1nc(OC[C@@]34CCCN3C[C@H](F)C4)nc3c(F)c-2ncc13.[HH]. The van der Waals surface area contributed by atoms with Crippen molar-refractivity contribution in [2.75, 3.05) is 78.8 Å². The van der Waals surface area contributed by atoms with Crippen molar-refractivity contribution in [2.24, 2.45) is 0 Å². The van der Waals surface area contributed by atoms with Crippen molar-refractivity contribution in [2.45, 2.75) is 74.9 Å². The number of benzene rings is 2. The fourth-order valence-electron chi connectivity index (χ4n) is 9.41. The highest BCUT2D eigenvalue weighted by Gasteiger charge is 2.49. The van der Waals surface area contributed by atoms with Gasteiger partial charge in [0.15, 0.2) is 5.82 Å². The molecule has 0 aliphatic carbocycles. The van der Waals surface area contributed by atoms with Crippen molar-refractivity contribution in [3.8, 4) is 23.0 Å². The number of hydrogen-bond acceptors (Lipinski definition) is 12. The Morgan fingerprint density at radius 2 is 1.88 bits per heavy atom. The van der Waals surface area contributed by atoms with Crippen LogP contribution in [-0.2, 0) is 20.6 Å². The average Bonchev–Trinajstić information content (AvgIpc) is 3.73. The Balaban J connectivity index is 0.00000561. The van der Waals surface area contributed by atoms with Crippen LogP contribution in [0.2, 0.25) is 0 Å². The minimum absolute atomic E-state index is 0. The van der Waals surface area contributed by atoms with Crippen LogP contribution < -0.4 is 19.7 Å². The number of amides is 2. The molecular formula is C42H51F4N7O7. The molecule has 1 N–H and O–H groups in total. The number of fused-ring (bicyclic) bond motifs is 7. The number of ether oxygens (including phenoxy) is 5. The van der Waals surface area contributed by atoms with Crippen LogP contribution in [0.5, 0.6) is 11.8 Å². The molecule has 60 heavy (non-hydrogen) atoms. The van der Waals surface area contributed by atoms with Gasteiger partial charge < -0.3 is 38.8 Å². The minimum atomic E-state index is -1.43. The van der Waals surface area contributed by atoms with Gasteiger partial charge in [-0.15, -0.1) is 0 Å². The van der Waals surface area contributed by atoms with Crippen molar-refractivity contribution in [1.82, 2.24) is 30.1 Å². The number of rotatable bonds is 9. The molecule has 4 aromatic rings. The highest BCUT2D eigenvalue weighted by Crippen LogP contribution is 2.43. The van der Waals surface area contributed by atoms with Crippen molar-refractivity contribution in [3.05, 3.63) is 47.7 Å². The monoisotopic (exact) mass is 841 g/mol. The molecule has 4 atom stereocenters. The second-order valence-electron chi connectivity index (χ2n) is 16.6. The van der Waals surface area contributed by atoms with E-state index in [1.54, 1.807) is 17.9 Å². The number of alkyl carbamates (subject to hydrolysis) is 1. The topological polar surface area (TPSA) is 141 Å². The van der Waals surface area contributed by atoms with E-state index in [-0.39, 0.29) is 112 Å². The second kappa shape index (κ2) is 16.8. The normalized spacial score (nSPS) is 24.5. The summed E-state index contributed by atoms with van der Waals surface area (Å²) < 4.78 is 92.1. The van der Waals surface area contributed by atoms with Crippen molar-refractivity contribution < 1.29 is 52.3 Å². The smallest absolute Gasteiger partial charge is 0.415 e. The number of methoxy groups -OCH3 is 2. The third kappa shape index (κ3) is 8.08. The largest absolute Gasteiger partial charge is 0.461 e. The number of carbonyl (C=O) groups is 2. The number of aromatic nitrogens is 3. The molecule has 2 aromatic carbocycles. The summed E-state index contributed by atoms with van der Waals surface area (Å²) in [6.45, 7) is 2.88. The molecule has 5 aliphatic rings. The highest BCUT2D eigenvalue weighted by atomic mass is 19.1. The van der Waals surface area contributed by atoms with E-state index >= 15 is 13.2 Å². The number of nitrogens with one attached hydrogen (secondary N) is 1. The molecule has 2 aromatic heterocycles. The number of piperidine rings is 1. The van der Waals surface area contributed by atoms with E-state index in [4.69, 9.17) is 28.7 Å². The van der Waals surface area contributed by atoms with E-state index in [0.717, 1.165) is 13.0 Å². The fraction of sp³-hybridized carbons (Fsp3) is 0.548. The number of aryl methyl sites for hydroxylation is 1. The Morgan fingerprint density at radius 1 is 1.10 bits per heavy atom. The van der Waals surface area contributed by atoms with Crippen LogP contribution in [-0.4, -0.2) is 140 Å². The first kappa shape index (κ1) is 41.7. The third-order valence-corrected chi connectivity index (χ3v) is 12.2. The zero-order chi connectivity index (χ0) is 42.3. The van der Waals surface area contributed by atoms with Crippen LogP contribution in [0.1, 0.15) is 46.0 Å². The first-order valence-corrected chi connectivity index (χ1v) is 20.2. The van der Waals surface area contributed by atoms with Gasteiger partial charge in [-0.05, 0) is 73.7 Å². The molecule has 2 amide bonds. The zero-order valence-corrected chi connectivity index (χ0v) is 34.1. The van der Waals surface area contributed by atoms with Crippen LogP contribution in [0.25, 0.3) is 32.9 Å². The van der Waals surface area contributed by atoms with Gasteiger partial charge in [0.05, 0.1) is 48.9 Å². The number of halogens is 4. The van der Waals surface area contributed by atoms with Crippen LogP contribution in [0.3, 0.4) is 0 Å². The number of pyridine rings is 1. The Morgan fingerprint density at radius 3 is 2.67 bits per heavy atom. The van der Waals surface area contributed by atoms with Gasteiger partial charge in [-0.25, -0.2) is 27.2 Å². The van der Waals surface area contributed by atoms with Crippen molar-refractivity contribution >= 4 is 39.7 Å². The summed E-state index contributed by atoms with van der Waals surface area (Å²) in [5.41, 5.74) is -1.89. The van der Waals surface area contributed by atoms with Gasteiger partial charge in [0.2, 0.25) is 0 Å². The molecule has 18 heteroatoms. The van der Waals surface area contributed by atoms with E-state index in [2.05, 4.69) is 20.2 Å². The molecule has 5 aliphatic heterocycles. The predicted molar refractivity (Wildman–Crippen MR) is 215 cm³/mol. The molecule has 7 heterocycles. The van der Waals surface area contributed by atoms with Crippen LogP contribution in [0.15, 0.2) is 30.5 Å². The van der Waals surface area contributed by atoms with Gasteiger partial charge in [0.25, 0.3) is 0 Å². The van der Waals surface area contributed by atoms with Gasteiger partial charge in [-0.1, -0.05) is 6.07 Å². The number of hydrogen-bond donors (Lipinski definition) is 1. The van der Waals surface area contributed by atoms with Crippen LogP contribution >= 0.6 is 0 Å². The third-order valence-electron chi connectivity index (χ3n) is 12.2. The van der Waals surface area contributed by atoms with E-state index < -0.39 is 53.3 Å². The van der Waals surface area contributed by atoms with Crippen LogP contribution in [0, 0.1) is 11.6 Å². The summed E-state index contributed by atoms with van der Waals surface area (Å²) in [4.78, 5) is 45.5. The summed E-state index contributed by atoms with van der Waals surface area (Å²) >= 11 is 0. The van der Waals surface area contributed by atoms with Crippen molar-refractivity contribution in [3.63, 3.8) is 0 Å². The number of nitrogens with zero attached hydrogens (tertiary/aromatic N) is 6. The molecule has 0 unspecified atom stereocenters. The summed E-state index contributed by atoms with van der Waals surface area (Å²) in [5, 5.41) is 3.64. The average molecular weight is 842 g/mol. The molecule has 14 nitrogen and oxygen atoms in total. The van der Waals surface area contributed by atoms with Gasteiger partial charge >= 0.3 is 18.2 Å². The number of likely N-dealkylation sites (N-methyl/N-ethyl adjacent to an activating group) is 1. The number of alkyl halides is 2. The lowest BCUT2D eigenvalue weighted by Gasteiger charge is -2.42. The number of carbonyl (C=O) groups excluding carboxylic acids is 2. The van der Waals surface area contributed by atoms with Crippen LogP contribution in [0.4, 0.5) is 33.0 Å². The Labute approximate surface area is 345 Å². The quantitative estimate of drug-likeness (QED) is 0.187. The first-order chi connectivity index (χ1) is 28.8. The number of anilines is 1. The van der Waals surface area contributed by atoms with Gasteiger partial charge in [0.1, 0.15) is 47.5 Å². The lowest BCUT2D eigenvalue weighted by atomic mass is 9.90. The second-order valence-corrected chi connectivity index (χ2v) is 16.6. The summed E-state index contributed by atoms with van der Waals surface area (Å²) in [6.07, 6.45) is -0.560. The maximum Gasteiger partial charge on any atom is 0.415 e. The van der Waals surface area contributed by atoms with Gasteiger partial charge in [0, 0.05) is 60.4 Å². The summed E-state index contributed by atoms with van der Waals surface area (Å²) in [7, 11) is 4.53. The molecule has 324 valence electrons. The molecule has 0 saturated carbocycles. The first-order valence-electron chi connectivity index (χ1n) is 20.2. The highest BCUT2D eigenvalue weighted by molar-refractivity contribution is 6.02. The van der Waals surface area contributed by atoms with E-state index in [1.807, 2.05) is 0 Å². The van der Waals surface area contributed by atoms with E-state index in [0.29, 0.717) is 23.7 Å². The summed E-state index contributed by atoms with van der Waals surface area (Å²) in [6, 6.07) is 5.01. The molecule has 0 spiro atoms. The molecule has 3 saturated heterocycles. The minimum Gasteiger partial charge on any atom is -0.461 e. The van der Waals surface area contributed by atoms with Gasteiger partial charge in [-0.3, -0.25) is 9.88 Å². The molecule has 9 rings (SSSR count). The predicted octanol–water partition coefficient (Wildman–Crippen LogP) is 6.40. The fourth-order valence-corrected chi connectivity index (χ4v) is 9.41. The molecular weight excluding hydrogens is 790 g/mol. The Hall–Kier alpha value is -5.07. The summed E-state index contributed by atoms with van der Waals surface area (Å²) in [5.74, 6) is -1.38. The zero-order valence-electron chi connectivity index (χ0n) is 34.1. The maximum absolute atomic E-state index is 17.6. The Bertz CT molecular complexity index is 2290. The molecule has 3 fully saturated rings. The lowest BCUT2D eigenvalue weighted by Crippen LogP contribution is -2.60. The standard InChI is InChI=1S/C42H49F4N7O7.H2/c1-41-15-25(43)18-52(22-41)37-31-17-47-35(34(46)36(31)48-38(49-37)59-23-42-10-6-11-53(42)19-26(44)16-42)30-14-28(60-40(55)51(2)27(20-56-3)21-57-4)13-24-8-9-32(45)29(33(24)30)7-5-12-58-39(54)50-41;/h8-9,13-14,17,25-27H,5-7,10-12,15-16,18-23H2,1-4H3,(H,50,54);1H/t25-,26-,41-,42+;/m1./s1. The maximum atomic E-state index is 17.6. The van der Waals surface area contributed by atoms with E-state index in [9.17, 15) is 14.0 Å². The molecule has 6 bridgehead atoms. The van der Waals surface area contributed by atoms with Crippen molar-refractivity contribution in [1.29, 1.82) is 0 Å². The Kier molecular flexibility index (Phi) is 11.6. The van der Waals surface area contributed by atoms with Gasteiger partial charge in [-0.2, -0.15) is 9.97 Å².